The molecule has 1 N–H and O–H groups in total. The normalized spacial score (nSPS) is 19.4. The van der Waals surface area contributed by atoms with E-state index in [9.17, 15) is 14.7 Å². The molecule has 1 aliphatic rings. The summed E-state index contributed by atoms with van der Waals surface area (Å²) in [6.45, 7) is 4.66. The fraction of sp³-hybridized carbons (Fsp3) is 0.600. The van der Waals surface area contributed by atoms with Gasteiger partial charge >= 0.3 is 5.97 Å². The molecule has 21 heavy (non-hydrogen) atoms. The van der Waals surface area contributed by atoms with Crippen LogP contribution in [-0.4, -0.2) is 42.1 Å². The van der Waals surface area contributed by atoms with Gasteiger partial charge in [-0.1, -0.05) is 0 Å². The van der Waals surface area contributed by atoms with Crippen molar-refractivity contribution in [2.24, 2.45) is 11.3 Å². The molecule has 1 atom stereocenters. The Morgan fingerprint density at radius 3 is 2.76 bits per heavy atom. The molecule has 1 unspecified atom stereocenters. The van der Waals surface area contributed by atoms with E-state index in [2.05, 4.69) is 0 Å². The number of methoxy groups -OCH3 is 1. The average molecular weight is 311 g/mol. The maximum absolute atomic E-state index is 12.5. The van der Waals surface area contributed by atoms with E-state index in [0.717, 1.165) is 12.8 Å². The van der Waals surface area contributed by atoms with Crippen LogP contribution in [0.25, 0.3) is 0 Å². The molecule has 0 spiro atoms. The second-order valence-electron chi connectivity index (χ2n) is 5.97. The molecule has 6 heteroatoms. The highest BCUT2D eigenvalue weighted by Crippen LogP contribution is 2.35. The van der Waals surface area contributed by atoms with Gasteiger partial charge in [0.25, 0.3) is 5.91 Å². The summed E-state index contributed by atoms with van der Waals surface area (Å²) >= 11 is 1.36. The van der Waals surface area contributed by atoms with Crippen LogP contribution in [0, 0.1) is 11.3 Å². The number of carbonyl (C=O) groups is 2. The summed E-state index contributed by atoms with van der Waals surface area (Å²) in [7, 11) is 1.57. The van der Waals surface area contributed by atoms with Crippen LogP contribution in [0.1, 0.15) is 36.4 Å². The Balaban J connectivity index is 2.10. The van der Waals surface area contributed by atoms with Crippen LogP contribution in [-0.2, 0) is 4.79 Å². The van der Waals surface area contributed by atoms with Gasteiger partial charge in [-0.05, 0) is 32.6 Å². The van der Waals surface area contributed by atoms with Gasteiger partial charge in [0.2, 0.25) is 0 Å². The molecule has 5 nitrogen and oxygen atoms in total. The van der Waals surface area contributed by atoms with E-state index < -0.39 is 11.4 Å². The Morgan fingerprint density at radius 1 is 1.48 bits per heavy atom. The molecule has 1 amide bonds. The smallest absolute Gasteiger partial charge is 0.309 e. The third kappa shape index (κ3) is 3.20. The summed E-state index contributed by atoms with van der Waals surface area (Å²) < 4.78 is 5.10. The quantitative estimate of drug-likeness (QED) is 0.928. The highest BCUT2D eigenvalue weighted by atomic mass is 32.1. The summed E-state index contributed by atoms with van der Waals surface area (Å²) in [4.78, 5) is 26.3. The zero-order chi connectivity index (χ0) is 15.6. The van der Waals surface area contributed by atoms with Gasteiger partial charge in [-0.15, -0.1) is 11.3 Å². The second-order valence-corrected chi connectivity index (χ2v) is 6.88. The molecule has 0 saturated carbocycles. The molecule has 0 aromatic carbocycles. The first-order valence-corrected chi connectivity index (χ1v) is 7.89. The molecule has 1 fully saturated rings. The van der Waals surface area contributed by atoms with E-state index in [1.165, 1.54) is 11.3 Å². The van der Waals surface area contributed by atoms with Crippen LogP contribution in [0.3, 0.4) is 0 Å². The molecular formula is C15H21NO4S. The minimum absolute atomic E-state index is 0.0189. The Hall–Kier alpha value is -1.56. The molecule has 1 aromatic rings. The Kier molecular flexibility index (Phi) is 4.56. The predicted octanol–water partition coefficient (Wildman–Crippen LogP) is 2.72. The fourth-order valence-corrected chi connectivity index (χ4v) is 3.44. The first kappa shape index (κ1) is 15.8. The van der Waals surface area contributed by atoms with Crippen LogP contribution in [0.5, 0.6) is 5.75 Å². The average Bonchev–Trinajstić information content (AvgIpc) is 2.95. The van der Waals surface area contributed by atoms with Crippen molar-refractivity contribution < 1.29 is 19.4 Å². The zero-order valence-corrected chi connectivity index (χ0v) is 13.4. The van der Waals surface area contributed by atoms with Crippen LogP contribution < -0.4 is 4.74 Å². The van der Waals surface area contributed by atoms with E-state index in [1.54, 1.807) is 37.3 Å². The zero-order valence-electron chi connectivity index (χ0n) is 12.6. The number of hydrogen-bond donors (Lipinski definition) is 1. The summed E-state index contributed by atoms with van der Waals surface area (Å²) in [5, 5.41) is 11.2. The molecular weight excluding hydrogens is 290 g/mol. The Morgan fingerprint density at radius 2 is 2.19 bits per heavy atom. The number of nitrogens with zero attached hydrogens (tertiary/aromatic N) is 1. The lowest BCUT2D eigenvalue weighted by Crippen LogP contribution is -2.46. The van der Waals surface area contributed by atoms with Crippen molar-refractivity contribution in [1.29, 1.82) is 0 Å². The Labute approximate surface area is 128 Å². The van der Waals surface area contributed by atoms with Gasteiger partial charge in [0.05, 0.1) is 17.4 Å². The molecule has 1 saturated heterocycles. The lowest BCUT2D eigenvalue weighted by Gasteiger charge is -2.39. The summed E-state index contributed by atoms with van der Waals surface area (Å²) in [5.41, 5.74) is -0.813. The monoisotopic (exact) mass is 311 g/mol. The van der Waals surface area contributed by atoms with E-state index in [0.29, 0.717) is 23.7 Å². The summed E-state index contributed by atoms with van der Waals surface area (Å²) in [6, 6.07) is 1.74. The number of thiophene rings is 1. The highest BCUT2D eigenvalue weighted by Gasteiger charge is 2.40. The second kappa shape index (κ2) is 6.05. The number of carboxylic acids is 1. The minimum Gasteiger partial charge on any atom is -0.496 e. The van der Waals surface area contributed by atoms with Gasteiger partial charge in [0.15, 0.2) is 0 Å². The number of piperidine rings is 1. The number of amides is 1. The summed E-state index contributed by atoms with van der Waals surface area (Å²) in [5.74, 6) is -0.175. The number of aliphatic carboxylic acids is 1. The van der Waals surface area contributed by atoms with Gasteiger partial charge in [-0.2, -0.15) is 0 Å². The third-order valence-corrected chi connectivity index (χ3v) is 5.20. The van der Waals surface area contributed by atoms with E-state index in [-0.39, 0.29) is 11.8 Å². The van der Waals surface area contributed by atoms with E-state index in [4.69, 9.17) is 4.74 Å². The first-order chi connectivity index (χ1) is 9.86. The maximum atomic E-state index is 12.5. The van der Waals surface area contributed by atoms with E-state index in [1.807, 2.05) is 0 Å². The topological polar surface area (TPSA) is 66.8 Å². The number of likely N-dealkylation sites (tertiary alicyclic amines) is 1. The molecule has 0 bridgehead atoms. The SMILES string of the molecule is COc1csc(C(=O)N2CCCC(C(C)(C)C(=O)O)C2)c1. The van der Waals surface area contributed by atoms with Crippen LogP contribution in [0.15, 0.2) is 11.4 Å². The van der Waals surface area contributed by atoms with Crippen LogP contribution in [0.4, 0.5) is 0 Å². The predicted molar refractivity (Wildman–Crippen MR) is 80.9 cm³/mol. The van der Waals surface area contributed by atoms with Gasteiger partial charge < -0.3 is 14.7 Å². The van der Waals surface area contributed by atoms with Crippen molar-refractivity contribution in [3.05, 3.63) is 16.3 Å². The van der Waals surface area contributed by atoms with Crippen molar-refractivity contribution in [2.45, 2.75) is 26.7 Å². The largest absolute Gasteiger partial charge is 0.496 e. The van der Waals surface area contributed by atoms with Crippen molar-refractivity contribution in [3.63, 3.8) is 0 Å². The van der Waals surface area contributed by atoms with Gasteiger partial charge in [0, 0.05) is 24.5 Å². The fourth-order valence-electron chi connectivity index (χ4n) is 2.62. The van der Waals surface area contributed by atoms with Crippen molar-refractivity contribution in [1.82, 2.24) is 4.90 Å². The number of rotatable bonds is 4. The number of hydrogen-bond acceptors (Lipinski definition) is 4. The standard InChI is InChI=1S/C15H21NO4S/c1-15(2,14(18)19)10-5-4-6-16(8-10)13(17)12-7-11(20-3)9-21-12/h7,9-10H,4-6,8H2,1-3H3,(H,18,19). The minimum atomic E-state index is -0.813. The van der Waals surface area contributed by atoms with Gasteiger partial charge in [-0.3, -0.25) is 9.59 Å². The van der Waals surface area contributed by atoms with Gasteiger partial charge in [-0.25, -0.2) is 0 Å². The molecule has 0 aliphatic carbocycles. The molecule has 0 radical (unpaired) electrons. The van der Waals surface area contributed by atoms with Gasteiger partial charge in [0.1, 0.15) is 5.75 Å². The van der Waals surface area contributed by atoms with Crippen LogP contribution >= 0.6 is 11.3 Å². The molecule has 2 rings (SSSR count). The molecule has 1 aliphatic heterocycles. The van der Waals surface area contributed by atoms with Crippen molar-refractivity contribution in [3.8, 4) is 5.75 Å². The highest BCUT2D eigenvalue weighted by molar-refractivity contribution is 7.12. The van der Waals surface area contributed by atoms with Crippen molar-refractivity contribution >= 4 is 23.2 Å². The lowest BCUT2D eigenvalue weighted by molar-refractivity contribution is -0.151. The van der Waals surface area contributed by atoms with Crippen molar-refractivity contribution in [2.75, 3.05) is 20.2 Å². The first-order valence-electron chi connectivity index (χ1n) is 7.01. The van der Waals surface area contributed by atoms with Crippen LogP contribution in [0.2, 0.25) is 0 Å². The molecule has 116 valence electrons. The summed E-state index contributed by atoms with van der Waals surface area (Å²) in [6.07, 6.45) is 1.69. The molecule has 2 heterocycles. The third-order valence-electron chi connectivity index (χ3n) is 4.30. The maximum Gasteiger partial charge on any atom is 0.309 e. The van der Waals surface area contributed by atoms with E-state index >= 15 is 0 Å². The number of ether oxygens (including phenoxy) is 1. The number of carbonyl (C=O) groups excluding carboxylic acids is 1. The Bertz CT molecular complexity index is 538. The molecule has 1 aromatic heterocycles. The lowest BCUT2D eigenvalue weighted by atomic mass is 9.74. The number of carboxylic acid groups (broad SMARTS) is 1.